The van der Waals surface area contributed by atoms with E-state index >= 15 is 0 Å². The van der Waals surface area contributed by atoms with Gasteiger partial charge in [-0.15, -0.1) is 0 Å². The molecular formula is C13H20BrN3O2. The Kier molecular flexibility index (Phi) is 4.76. The van der Waals surface area contributed by atoms with Gasteiger partial charge in [-0.3, -0.25) is 0 Å². The Hall–Kier alpha value is -0.720. The molecule has 1 aromatic rings. The van der Waals surface area contributed by atoms with Gasteiger partial charge in [0, 0.05) is 44.6 Å². The molecule has 6 heteroatoms. The predicted molar refractivity (Wildman–Crippen MR) is 77.3 cm³/mol. The van der Waals surface area contributed by atoms with E-state index in [1.165, 1.54) is 0 Å². The van der Waals surface area contributed by atoms with Crippen molar-refractivity contribution >= 4 is 21.7 Å². The number of ether oxygens (including phenoxy) is 1. The first kappa shape index (κ1) is 14.7. The molecule has 0 saturated carbocycles. The van der Waals surface area contributed by atoms with E-state index in [2.05, 4.69) is 45.1 Å². The molecule has 1 saturated heterocycles. The summed E-state index contributed by atoms with van der Waals surface area (Å²) >= 11 is 3.39. The zero-order valence-corrected chi connectivity index (χ0v) is 12.9. The molecule has 2 rings (SSSR count). The van der Waals surface area contributed by atoms with Crippen LogP contribution in [0, 0.1) is 0 Å². The fourth-order valence-corrected chi connectivity index (χ4v) is 2.37. The molecule has 0 aliphatic carbocycles. The second kappa shape index (κ2) is 6.15. The Balaban J connectivity index is 2.02. The van der Waals surface area contributed by atoms with Gasteiger partial charge in [-0.2, -0.15) is 0 Å². The zero-order chi connectivity index (χ0) is 13.9. The van der Waals surface area contributed by atoms with Crippen LogP contribution >= 0.6 is 15.9 Å². The average Bonchev–Trinajstić information content (AvgIpc) is 2.37. The molecule has 1 aromatic heterocycles. The van der Waals surface area contributed by atoms with Gasteiger partial charge in [-0.05, 0) is 15.9 Å². The fraction of sp³-hybridized carbons (Fsp3) is 0.692. The number of anilines is 1. The van der Waals surface area contributed by atoms with Crippen molar-refractivity contribution in [1.82, 2.24) is 9.97 Å². The van der Waals surface area contributed by atoms with Crippen LogP contribution in [0.5, 0.6) is 0 Å². The molecule has 2 N–H and O–H groups in total. The van der Waals surface area contributed by atoms with Gasteiger partial charge in [0.25, 0.3) is 0 Å². The zero-order valence-electron chi connectivity index (χ0n) is 11.3. The first-order chi connectivity index (χ1) is 8.98. The van der Waals surface area contributed by atoms with Crippen molar-refractivity contribution in [3.63, 3.8) is 0 Å². The molecule has 0 bridgehead atoms. The van der Waals surface area contributed by atoms with Gasteiger partial charge in [0.2, 0.25) is 0 Å². The molecule has 0 radical (unpaired) electrons. The Labute approximate surface area is 121 Å². The van der Waals surface area contributed by atoms with Crippen molar-refractivity contribution in [1.29, 1.82) is 0 Å². The summed E-state index contributed by atoms with van der Waals surface area (Å²) in [6, 6.07) is 1.83. The standard InChI is InChI=1S/C13H20BrN3O2/c1-9(2)12-16-10(14)7-11(17-12)15-8-13(18)3-5-19-6-4-13/h7,9,18H,3-6,8H2,1-2H3,(H,15,16,17). The number of aliphatic hydroxyl groups is 1. The van der Waals surface area contributed by atoms with Gasteiger partial charge >= 0.3 is 0 Å². The Morgan fingerprint density at radius 1 is 1.42 bits per heavy atom. The van der Waals surface area contributed by atoms with Crippen LogP contribution < -0.4 is 5.32 Å². The van der Waals surface area contributed by atoms with Crippen LogP contribution in [-0.4, -0.2) is 40.4 Å². The number of aromatic nitrogens is 2. The van der Waals surface area contributed by atoms with Gasteiger partial charge in [0.15, 0.2) is 0 Å². The van der Waals surface area contributed by atoms with Crippen molar-refractivity contribution in [2.24, 2.45) is 0 Å². The van der Waals surface area contributed by atoms with E-state index in [9.17, 15) is 5.11 Å². The molecule has 2 heterocycles. The maximum atomic E-state index is 10.4. The highest BCUT2D eigenvalue weighted by Gasteiger charge is 2.29. The summed E-state index contributed by atoms with van der Waals surface area (Å²) in [5, 5.41) is 13.6. The lowest BCUT2D eigenvalue weighted by molar-refractivity contribution is -0.0543. The monoisotopic (exact) mass is 329 g/mol. The van der Waals surface area contributed by atoms with Gasteiger partial charge in [0.1, 0.15) is 16.2 Å². The minimum absolute atomic E-state index is 0.268. The number of hydrogen-bond donors (Lipinski definition) is 2. The summed E-state index contributed by atoms with van der Waals surface area (Å²) in [5.74, 6) is 1.80. The molecule has 0 amide bonds. The lowest BCUT2D eigenvalue weighted by Gasteiger charge is -2.32. The van der Waals surface area contributed by atoms with E-state index in [1.54, 1.807) is 0 Å². The minimum atomic E-state index is -0.701. The van der Waals surface area contributed by atoms with Gasteiger partial charge in [-0.1, -0.05) is 13.8 Å². The number of halogens is 1. The molecule has 1 fully saturated rings. The van der Waals surface area contributed by atoms with Crippen LogP contribution in [0.15, 0.2) is 10.7 Å². The highest BCUT2D eigenvalue weighted by Crippen LogP contribution is 2.22. The second-order valence-electron chi connectivity index (χ2n) is 5.28. The van der Waals surface area contributed by atoms with Crippen LogP contribution in [0.4, 0.5) is 5.82 Å². The third-order valence-electron chi connectivity index (χ3n) is 3.25. The summed E-state index contributed by atoms with van der Waals surface area (Å²) in [6.45, 7) is 5.82. The summed E-state index contributed by atoms with van der Waals surface area (Å²) in [4.78, 5) is 8.78. The van der Waals surface area contributed by atoms with Crippen molar-refractivity contribution in [2.45, 2.75) is 38.2 Å². The molecule has 0 aromatic carbocycles. The first-order valence-electron chi connectivity index (χ1n) is 6.57. The summed E-state index contributed by atoms with van der Waals surface area (Å²) in [5.41, 5.74) is -0.701. The number of nitrogens with one attached hydrogen (secondary N) is 1. The number of nitrogens with zero attached hydrogens (tertiary/aromatic N) is 2. The van der Waals surface area contributed by atoms with Crippen molar-refractivity contribution in [3.8, 4) is 0 Å². The molecule has 0 spiro atoms. The average molecular weight is 330 g/mol. The van der Waals surface area contributed by atoms with E-state index < -0.39 is 5.60 Å². The topological polar surface area (TPSA) is 67.3 Å². The highest BCUT2D eigenvalue weighted by atomic mass is 79.9. The van der Waals surface area contributed by atoms with Crippen LogP contribution in [0.3, 0.4) is 0 Å². The Bertz CT molecular complexity index is 434. The Morgan fingerprint density at radius 2 is 2.11 bits per heavy atom. The SMILES string of the molecule is CC(C)c1nc(Br)cc(NCC2(O)CCOCC2)n1. The third-order valence-corrected chi connectivity index (χ3v) is 3.66. The van der Waals surface area contributed by atoms with Crippen molar-refractivity contribution in [2.75, 3.05) is 25.1 Å². The van der Waals surface area contributed by atoms with E-state index in [0.29, 0.717) is 32.6 Å². The molecule has 5 nitrogen and oxygen atoms in total. The third kappa shape index (κ3) is 4.12. The lowest BCUT2D eigenvalue weighted by atomic mass is 9.94. The van der Waals surface area contributed by atoms with E-state index in [-0.39, 0.29) is 5.92 Å². The molecule has 0 atom stereocenters. The van der Waals surface area contributed by atoms with Gasteiger partial charge in [-0.25, -0.2) is 9.97 Å². The molecule has 106 valence electrons. The summed E-state index contributed by atoms with van der Waals surface area (Å²) in [6.07, 6.45) is 1.31. The van der Waals surface area contributed by atoms with Crippen LogP contribution in [0.25, 0.3) is 0 Å². The first-order valence-corrected chi connectivity index (χ1v) is 7.36. The predicted octanol–water partition coefficient (Wildman–Crippen LogP) is 2.32. The molecular weight excluding hydrogens is 310 g/mol. The maximum absolute atomic E-state index is 10.4. The fourth-order valence-electron chi connectivity index (χ4n) is 1.97. The van der Waals surface area contributed by atoms with Crippen LogP contribution in [-0.2, 0) is 4.74 Å². The van der Waals surface area contributed by atoms with Crippen LogP contribution in [0.2, 0.25) is 0 Å². The quantitative estimate of drug-likeness (QED) is 0.830. The van der Waals surface area contributed by atoms with Gasteiger partial charge < -0.3 is 15.2 Å². The normalized spacial score (nSPS) is 18.6. The summed E-state index contributed by atoms with van der Waals surface area (Å²) in [7, 11) is 0. The largest absolute Gasteiger partial charge is 0.388 e. The molecule has 1 aliphatic heterocycles. The van der Waals surface area contributed by atoms with E-state index in [0.717, 1.165) is 16.2 Å². The van der Waals surface area contributed by atoms with Crippen LogP contribution in [0.1, 0.15) is 38.4 Å². The lowest BCUT2D eigenvalue weighted by Crippen LogP contribution is -2.42. The van der Waals surface area contributed by atoms with Crippen molar-refractivity contribution < 1.29 is 9.84 Å². The smallest absolute Gasteiger partial charge is 0.134 e. The minimum Gasteiger partial charge on any atom is -0.388 e. The molecule has 0 unspecified atom stereocenters. The highest BCUT2D eigenvalue weighted by molar-refractivity contribution is 9.10. The molecule has 1 aliphatic rings. The van der Waals surface area contributed by atoms with E-state index in [1.807, 2.05) is 6.07 Å². The Morgan fingerprint density at radius 3 is 2.74 bits per heavy atom. The number of rotatable bonds is 4. The summed E-state index contributed by atoms with van der Waals surface area (Å²) < 4.78 is 6.02. The molecule has 19 heavy (non-hydrogen) atoms. The maximum Gasteiger partial charge on any atom is 0.134 e. The van der Waals surface area contributed by atoms with Gasteiger partial charge in [0.05, 0.1) is 5.60 Å². The van der Waals surface area contributed by atoms with Crippen molar-refractivity contribution in [3.05, 3.63) is 16.5 Å². The second-order valence-corrected chi connectivity index (χ2v) is 6.09. The number of hydrogen-bond acceptors (Lipinski definition) is 5. The van der Waals surface area contributed by atoms with E-state index in [4.69, 9.17) is 4.74 Å².